The molecule has 3 aromatic carbocycles. The monoisotopic (exact) mass is 418 g/mol. The normalized spacial score (nSPS) is 10.8. The molecular formula is C28H26N4. The van der Waals surface area contributed by atoms with E-state index >= 15 is 0 Å². The number of rotatable bonds is 6. The quantitative estimate of drug-likeness (QED) is 0.335. The van der Waals surface area contributed by atoms with Crippen molar-refractivity contribution in [1.29, 1.82) is 5.26 Å². The van der Waals surface area contributed by atoms with E-state index in [4.69, 9.17) is 6.57 Å². The lowest BCUT2D eigenvalue weighted by molar-refractivity contribution is 1.13. The molecule has 3 rings (SSSR count). The number of nitrogens with zero attached hydrogens (tertiary/aromatic N) is 4. The van der Waals surface area contributed by atoms with Gasteiger partial charge in [-0.15, -0.1) is 0 Å². The Morgan fingerprint density at radius 2 is 1.19 bits per heavy atom. The largest absolute Gasteiger partial charge is 0.378 e. The predicted molar refractivity (Wildman–Crippen MR) is 137 cm³/mol. The lowest BCUT2D eigenvalue weighted by atomic mass is 10.0. The first-order chi connectivity index (χ1) is 15.4. The van der Waals surface area contributed by atoms with Crippen LogP contribution in [-0.4, -0.2) is 28.2 Å². The van der Waals surface area contributed by atoms with Crippen molar-refractivity contribution in [2.45, 2.75) is 0 Å². The van der Waals surface area contributed by atoms with Crippen LogP contribution in [0.5, 0.6) is 0 Å². The maximum atomic E-state index is 9.67. The van der Waals surface area contributed by atoms with Crippen molar-refractivity contribution >= 4 is 41.4 Å². The SMILES string of the molecule is [C-]#[N+]c1cc(C=Cc2ccc(N(C)C)cc2)c(C#N)cc1C=Cc1ccc(N(C)C)cc1. The van der Waals surface area contributed by atoms with Crippen LogP contribution in [0.3, 0.4) is 0 Å². The Balaban J connectivity index is 1.87. The lowest BCUT2D eigenvalue weighted by Crippen LogP contribution is -2.07. The van der Waals surface area contributed by atoms with Gasteiger partial charge in [0.05, 0.1) is 18.2 Å². The molecule has 0 aliphatic rings. The molecule has 3 aromatic rings. The van der Waals surface area contributed by atoms with Crippen LogP contribution in [0.4, 0.5) is 17.1 Å². The molecule has 32 heavy (non-hydrogen) atoms. The Morgan fingerprint density at radius 1 is 0.719 bits per heavy atom. The average molecular weight is 419 g/mol. The maximum Gasteiger partial charge on any atom is 0.194 e. The molecular weight excluding hydrogens is 392 g/mol. The zero-order chi connectivity index (χ0) is 23.1. The van der Waals surface area contributed by atoms with E-state index in [0.717, 1.165) is 33.6 Å². The highest BCUT2D eigenvalue weighted by atomic mass is 15.1. The Bertz CT molecular complexity index is 1120. The number of nitriles is 1. The van der Waals surface area contributed by atoms with Crippen LogP contribution < -0.4 is 9.80 Å². The van der Waals surface area contributed by atoms with Crippen LogP contribution in [0, 0.1) is 17.9 Å². The second-order valence-electron chi connectivity index (χ2n) is 7.86. The van der Waals surface area contributed by atoms with Crippen molar-refractivity contribution in [3.63, 3.8) is 0 Å². The van der Waals surface area contributed by atoms with E-state index in [-0.39, 0.29) is 0 Å². The van der Waals surface area contributed by atoms with E-state index in [0.29, 0.717) is 11.3 Å². The minimum Gasteiger partial charge on any atom is -0.378 e. The molecule has 0 atom stereocenters. The standard InChI is InChI=1S/C28H26N4/c1-30-28-19-23(12-6-21-8-14-26(15-9-21)31(2)3)25(20-29)18-24(28)13-7-22-10-16-27(17-11-22)32(4)5/h6-19H,2-5H3. The summed E-state index contributed by atoms with van der Waals surface area (Å²) in [6, 6.07) is 22.2. The minimum atomic E-state index is 0.521. The van der Waals surface area contributed by atoms with Crippen LogP contribution in [-0.2, 0) is 0 Å². The van der Waals surface area contributed by atoms with Crippen molar-refractivity contribution in [2.75, 3.05) is 38.0 Å². The third-order valence-corrected chi connectivity index (χ3v) is 5.17. The van der Waals surface area contributed by atoms with E-state index in [1.54, 1.807) is 12.1 Å². The molecule has 0 saturated carbocycles. The molecule has 0 fully saturated rings. The Hall–Kier alpha value is -4.28. The molecule has 0 unspecified atom stereocenters. The summed E-state index contributed by atoms with van der Waals surface area (Å²) < 4.78 is 0. The van der Waals surface area contributed by atoms with Gasteiger partial charge < -0.3 is 9.80 Å². The minimum absolute atomic E-state index is 0.521. The third-order valence-electron chi connectivity index (χ3n) is 5.17. The summed E-state index contributed by atoms with van der Waals surface area (Å²) >= 11 is 0. The smallest absolute Gasteiger partial charge is 0.194 e. The molecule has 0 aromatic heterocycles. The molecule has 4 heteroatoms. The fourth-order valence-electron chi connectivity index (χ4n) is 3.23. The number of hydrogen-bond acceptors (Lipinski definition) is 3. The van der Waals surface area contributed by atoms with Crippen LogP contribution in [0.2, 0.25) is 0 Å². The Morgan fingerprint density at radius 3 is 1.59 bits per heavy atom. The van der Waals surface area contributed by atoms with Crippen molar-refractivity contribution in [3.05, 3.63) is 99.9 Å². The van der Waals surface area contributed by atoms with Gasteiger partial charge in [0.25, 0.3) is 0 Å². The number of anilines is 2. The van der Waals surface area contributed by atoms with E-state index in [2.05, 4.69) is 35.2 Å². The van der Waals surface area contributed by atoms with Gasteiger partial charge in [0.15, 0.2) is 5.69 Å². The average Bonchev–Trinajstić information content (AvgIpc) is 2.81. The molecule has 0 N–H and O–H groups in total. The summed E-state index contributed by atoms with van der Waals surface area (Å²) in [6.45, 7) is 7.60. The fraction of sp³-hybridized carbons (Fsp3) is 0.143. The highest BCUT2D eigenvalue weighted by Gasteiger charge is 2.07. The molecule has 0 bridgehead atoms. The Kier molecular flexibility index (Phi) is 7.11. The van der Waals surface area contributed by atoms with Gasteiger partial charge in [0, 0.05) is 39.6 Å². The van der Waals surface area contributed by atoms with Crippen LogP contribution in [0.25, 0.3) is 29.1 Å². The highest BCUT2D eigenvalue weighted by molar-refractivity contribution is 5.83. The zero-order valence-electron chi connectivity index (χ0n) is 18.9. The highest BCUT2D eigenvalue weighted by Crippen LogP contribution is 2.28. The van der Waals surface area contributed by atoms with E-state index in [1.807, 2.05) is 86.6 Å². The van der Waals surface area contributed by atoms with E-state index in [9.17, 15) is 5.26 Å². The second-order valence-corrected chi connectivity index (χ2v) is 7.86. The first-order valence-electron chi connectivity index (χ1n) is 10.3. The van der Waals surface area contributed by atoms with Gasteiger partial charge >= 0.3 is 0 Å². The molecule has 0 saturated heterocycles. The molecule has 4 nitrogen and oxygen atoms in total. The summed E-state index contributed by atoms with van der Waals surface area (Å²) in [4.78, 5) is 7.78. The van der Waals surface area contributed by atoms with Crippen molar-refractivity contribution < 1.29 is 0 Å². The van der Waals surface area contributed by atoms with Crippen LogP contribution in [0.15, 0.2) is 60.7 Å². The molecule has 0 aliphatic carbocycles. The topological polar surface area (TPSA) is 34.6 Å². The molecule has 0 aliphatic heterocycles. The molecule has 0 spiro atoms. The van der Waals surface area contributed by atoms with Crippen LogP contribution >= 0.6 is 0 Å². The third kappa shape index (κ3) is 5.45. The first kappa shape index (κ1) is 22.4. The summed E-state index contributed by atoms with van der Waals surface area (Å²) in [7, 11) is 8.02. The lowest BCUT2D eigenvalue weighted by Gasteiger charge is -2.12. The van der Waals surface area contributed by atoms with Crippen molar-refractivity contribution in [2.24, 2.45) is 0 Å². The van der Waals surface area contributed by atoms with E-state index in [1.165, 1.54) is 0 Å². The fourth-order valence-corrected chi connectivity index (χ4v) is 3.23. The molecule has 0 heterocycles. The summed E-state index contributed by atoms with van der Waals surface area (Å²) in [5.74, 6) is 0. The summed E-state index contributed by atoms with van der Waals surface area (Å²) in [5.41, 5.74) is 6.87. The van der Waals surface area contributed by atoms with Gasteiger partial charge in [0.1, 0.15) is 0 Å². The van der Waals surface area contributed by atoms with Gasteiger partial charge in [-0.1, -0.05) is 48.6 Å². The van der Waals surface area contributed by atoms with Crippen molar-refractivity contribution in [3.8, 4) is 6.07 Å². The Labute approximate surface area is 190 Å². The number of benzene rings is 3. The first-order valence-corrected chi connectivity index (χ1v) is 10.3. The molecule has 158 valence electrons. The van der Waals surface area contributed by atoms with Gasteiger partial charge in [0.2, 0.25) is 0 Å². The van der Waals surface area contributed by atoms with E-state index < -0.39 is 0 Å². The van der Waals surface area contributed by atoms with Gasteiger partial charge in [-0.3, -0.25) is 0 Å². The summed E-state index contributed by atoms with van der Waals surface area (Å²) in [5, 5.41) is 9.67. The van der Waals surface area contributed by atoms with Crippen molar-refractivity contribution in [1.82, 2.24) is 0 Å². The summed E-state index contributed by atoms with van der Waals surface area (Å²) in [6.07, 6.45) is 7.72. The molecule has 0 radical (unpaired) electrons. The zero-order valence-corrected chi connectivity index (χ0v) is 18.9. The van der Waals surface area contributed by atoms with Gasteiger partial charge in [-0.05, 0) is 58.7 Å². The predicted octanol–water partition coefficient (Wildman–Crippen LogP) is 6.58. The number of hydrogen-bond donors (Lipinski definition) is 0. The maximum absolute atomic E-state index is 9.67. The van der Waals surface area contributed by atoms with Gasteiger partial charge in [-0.2, -0.15) is 5.26 Å². The molecule has 0 amide bonds. The second kappa shape index (κ2) is 10.2. The van der Waals surface area contributed by atoms with Crippen LogP contribution in [0.1, 0.15) is 27.8 Å². The van der Waals surface area contributed by atoms with Gasteiger partial charge in [-0.25, -0.2) is 4.85 Å².